The number of epoxide rings is 2. The van der Waals surface area contributed by atoms with Crippen LogP contribution in [0, 0.1) is 17.3 Å². The number of nitrogens with zero attached hydrogens (tertiary/aromatic N) is 2. The summed E-state index contributed by atoms with van der Waals surface area (Å²) in [6, 6.07) is 26.9. The standard InChI is InChI=1S/C81H88N4O12/c1-19-45(78(7,8)9)21-20-44(6)94-58-34-54-62-55(75(89)84(74(54)88)70(42(2)3)72(86)82-38-52-40-92-52)36-60(96-50-30-24-47(25-31-50)80(13,14)15)66-67-61(97-51-32-26-48(27-33-51)81(16,17)18)37-57-63-56(76(90)85(77(57)91)71(43(4)5)73(87)83-39-53-41-93-53)35-59(65(69(63)67)64(58)68(62)66)95-49-28-22-46(23-29-49)79(10,11)12/h19-37,42-43,52-53,70-71H,1,38-41H2,2-18H3,(H,82,86)(H,83,87)/b44-20+,45-21+. The highest BCUT2D eigenvalue weighted by Crippen LogP contribution is 2.58. The van der Waals surface area contributed by atoms with Gasteiger partial charge in [-0.25, -0.2) is 0 Å². The SMILES string of the molecule is C=C/C(=C\C=C(/C)Oc1cc2c3c(cc(Oc4ccc(C(C)(C)C)cc4)c4c5c(Oc6ccc(C(C)(C)C)cc6)cc6c7c(cc(Oc8ccc(C(C)(C)C)cc8)c(c1c34)c75)C(=O)N(C(C(=O)NCC1CO1)C(C)C)C6=O)C(=O)N(C(C(=O)NCC1CO1)C(C)C)C2=O)C(C)(C)C. The molecule has 0 spiro atoms. The molecular formula is C81H88N4O12. The molecule has 8 aromatic carbocycles. The summed E-state index contributed by atoms with van der Waals surface area (Å²) in [5.74, 6) is -3.20. The van der Waals surface area contributed by atoms with E-state index in [0.717, 1.165) is 32.1 Å². The zero-order chi connectivity index (χ0) is 69.9. The van der Waals surface area contributed by atoms with Gasteiger partial charge in [0, 0.05) is 56.2 Å². The van der Waals surface area contributed by atoms with Crippen molar-refractivity contribution in [2.24, 2.45) is 17.3 Å². The van der Waals surface area contributed by atoms with Crippen LogP contribution in [0.2, 0.25) is 0 Å². The monoisotopic (exact) mass is 1310 g/mol. The van der Waals surface area contributed by atoms with Gasteiger partial charge in [0.2, 0.25) is 11.8 Å². The minimum absolute atomic E-state index is 0.0428. The van der Waals surface area contributed by atoms with E-state index in [1.165, 1.54) is 0 Å². The van der Waals surface area contributed by atoms with E-state index in [1.54, 1.807) is 65.0 Å². The van der Waals surface area contributed by atoms with Crippen LogP contribution >= 0.6 is 0 Å². The molecule has 6 amide bonds. The zero-order valence-corrected chi connectivity index (χ0v) is 58.8. The van der Waals surface area contributed by atoms with E-state index in [1.807, 2.05) is 84.9 Å². The maximum Gasteiger partial charge on any atom is 0.262 e. The van der Waals surface area contributed by atoms with Gasteiger partial charge in [0.1, 0.15) is 58.1 Å². The van der Waals surface area contributed by atoms with Gasteiger partial charge in [0.25, 0.3) is 23.6 Å². The molecule has 0 aromatic heterocycles. The fraction of sp³-hybridized carbons (Fsp3) is 0.383. The van der Waals surface area contributed by atoms with Crippen molar-refractivity contribution in [3.63, 3.8) is 0 Å². The van der Waals surface area contributed by atoms with Gasteiger partial charge in [-0.1, -0.05) is 166 Å². The Morgan fingerprint density at radius 1 is 0.485 bits per heavy atom. The first-order valence-corrected chi connectivity index (χ1v) is 33.6. The smallest absolute Gasteiger partial charge is 0.262 e. The lowest BCUT2D eigenvalue weighted by Gasteiger charge is -2.37. The molecule has 0 saturated carbocycles. The number of carbonyl (C=O) groups excluding carboxylic acids is 6. The summed E-state index contributed by atoms with van der Waals surface area (Å²) in [6.45, 7) is 39.6. The Morgan fingerprint density at radius 3 is 1.05 bits per heavy atom. The van der Waals surface area contributed by atoms with Crippen LogP contribution in [0.4, 0.5) is 0 Å². The van der Waals surface area contributed by atoms with E-state index in [2.05, 4.69) is 100 Å². The number of hydrogen-bond acceptors (Lipinski definition) is 12. The van der Waals surface area contributed by atoms with Crippen LogP contribution in [0.15, 0.2) is 133 Å². The number of hydrogen-bond donors (Lipinski definition) is 2. The number of benzene rings is 8. The lowest BCUT2D eigenvalue weighted by Crippen LogP contribution is -2.56. The molecule has 8 aromatic rings. The van der Waals surface area contributed by atoms with E-state index in [-0.39, 0.29) is 103 Å². The van der Waals surface area contributed by atoms with E-state index < -0.39 is 59.4 Å². The Labute approximate surface area is 567 Å². The molecular weight excluding hydrogens is 1220 g/mol. The summed E-state index contributed by atoms with van der Waals surface area (Å²) in [7, 11) is 0. The molecule has 0 aliphatic carbocycles. The second-order valence-electron chi connectivity index (χ2n) is 31.0. The topological polar surface area (TPSA) is 195 Å². The van der Waals surface area contributed by atoms with E-state index in [9.17, 15) is 9.59 Å². The second-order valence-corrected chi connectivity index (χ2v) is 31.0. The van der Waals surface area contributed by atoms with Crippen molar-refractivity contribution in [3.05, 3.63) is 172 Å². The third-order valence-corrected chi connectivity index (χ3v) is 18.8. The highest BCUT2D eigenvalue weighted by Gasteiger charge is 2.48. The number of rotatable bonds is 20. The quantitative estimate of drug-likeness (QED) is 0.0183. The summed E-state index contributed by atoms with van der Waals surface area (Å²) < 4.78 is 40.1. The van der Waals surface area contributed by atoms with Gasteiger partial charge in [-0.05, 0) is 129 Å². The van der Waals surface area contributed by atoms with Crippen LogP contribution in [0.25, 0.3) is 43.1 Å². The number of amides is 6. The van der Waals surface area contributed by atoms with E-state index in [0.29, 0.717) is 68.5 Å². The first kappa shape index (κ1) is 67.6. The van der Waals surface area contributed by atoms with Crippen molar-refractivity contribution in [2.75, 3.05) is 26.3 Å². The Kier molecular flexibility index (Phi) is 17.4. The summed E-state index contributed by atoms with van der Waals surface area (Å²) in [4.78, 5) is 96.0. The molecule has 2 fully saturated rings. The normalized spacial score (nSPS) is 17.4. The molecule has 4 heterocycles. The Morgan fingerprint density at radius 2 is 0.784 bits per heavy atom. The molecule has 4 atom stereocenters. The molecule has 16 nitrogen and oxygen atoms in total. The number of fused-ring (bicyclic) bond motifs is 2. The number of carbonyl (C=O) groups is 6. The lowest BCUT2D eigenvalue weighted by atomic mass is 9.80. The average molecular weight is 1310 g/mol. The maximum absolute atomic E-state index is 16.2. The van der Waals surface area contributed by atoms with Crippen molar-refractivity contribution < 1.29 is 57.2 Å². The van der Waals surface area contributed by atoms with Crippen LogP contribution < -0.4 is 29.6 Å². The van der Waals surface area contributed by atoms with E-state index in [4.69, 9.17) is 28.4 Å². The predicted molar refractivity (Wildman–Crippen MR) is 379 cm³/mol. The molecule has 2 saturated heterocycles. The van der Waals surface area contributed by atoms with Crippen molar-refractivity contribution in [1.29, 1.82) is 0 Å². The molecule has 4 aliphatic heterocycles. The molecule has 12 rings (SSSR count). The minimum Gasteiger partial charge on any atom is -0.461 e. The second kappa shape index (κ2) is 24.9. The van der Waals surface area contributed by atoms with Crippen molar-refractivity contribution in [3.8, 4) is 40.2 Å². The van der Waals surface area contributed by atoms with Crippen LogP contribution in [0.5, 0.6) is 40.2 Å². The van der Waals surface area contributed by atoms with Crippen molar-refractivity contribution in [1.82, 2.24) is 20.4 Å². The fourth-order valence-electron chi connectivity index (χ4n) is 13.3. The maximum atomic E-state index is 16.2. The van der Waals surface area contributed by atoms with Crippen LogP contribution in [0.1, 0.15) is 176 Å². The minimum atomic E-state index is -1.29. The average Bonchev–Trinajstić information content (AvgIpc) is 1.46. The third-order valence-electron chi connectivity index (χ3n) is 18.8. The van der Waals surface area contributed by atoms with Crippen molar-refractivity contribution in [2.45, 2.75) is 158 Å². The summed E-state index contributed by atoms with van der Waals surface area (Å²) in [5, 5.41) is 8.27. The van der Waals surface area contributed by atoms with Crippen LogP contribution in [-0.2, 0) is 35.3 Å². The van der Waals surface area contributed by atoms with Gasteiger partial charge in [-0.2, -0.15) is 0 Å². The van der Waals surface area contributed by atoms with Gasteiger partial charge in [-0.3, -0.25) is 38.6 Å². The third kappa shape index (κ3) is 12.9. The molecule has 2 N–H and O–H groups in total. The summed E-state index contributed by atoms with van der Waals surface area (Å²) >= 11 is 0. The number of allylic oxidation sites excluding steroid dienone is 5. The number of ether oxygens (including phenoxy) is 6. The Hall–Kier alpha value is -9.38. The van der Waals surface area contributed by atoms with Gasteiger partial charge >= 0.3 is 0 Å². The first-order chi connectivity index (χ1) is 45.6. The predicted octanol–water partition coefficient (Wildman–Crippen LogP) is 16.7. The van der Waals surface area contributed by atoms with E-state index >= 15 is 19.2 Å². The Bertz CT molecular complexity index is 4600. The molecule has 4 aliphatic rings. The molecule has 0 radical (unpaired) electrons. The molecule has 16 heteroatoms. The first-order valence-electron chi connectivity index (χ1n) is 33.6. The number of imide groups is 2. The van der Waals surface area contributed by atoms with Crippen molar-refractivity contribution >= 4 is 78.5 Å². The fourth-order valence-corrected chi connectivity index (χ4v) is 13.3. The number of nitrogens with one attached hydrogen (secondary N) is 2. The highest BCUT2D eigenvalue weighted by molar-refractivity contribution is 6.45. The largest absolute Gasteiger partial charge is 0.461 e. The van der Waals surface area contributed by atoms with Gasteiger partial charge in [-0.15, -0.1) is 0 Å². The molecule has 97 heavy (non-hydrogen) atoms. The van der Waals surface area contributed by atoms with Gasteiger partial charge < -0.3 is 39.1 Å². The summed E-state index contributed by atoms with van der Waals surface area (Å²) in [5.41, 5.74) is 3.13. The van der Waals surface area contributed by atoms with Crippen LogP contribution in [-0.4, -0.2) is 95.8 Å². The Balaban J connectivity index is 1.27. The highest BCUT2D eigenvalue weighted by atomic mass is 16.6. The molecule has 504 valence electrons. The summed E-state index contributed by atoms with van der Waals surface area (Å²) in [6.07, 6.45) is 5.15. The van der Waals surface area contributed by atoms with Gasteiger partial charge in [0.15, 0.2) is 0 Å². The zero-order valence-electron chi connectivity index (χ0n) is 58.8. The van der Waals surface area contributed by atoms with Gasteiger partial charge in [0.05, 0.1) is 47.7 Å². The molecule has 0 bridgehead atoms. The molecule has 4 unspecified atom stereocenters. The van der Waals surface area contributed by atoms with Crippen LogP contribution in [0.3, 0.4) is 0 Å². The lowest BCUT2D eigenvalue weighted by molar-refractivity contribution is -0.127.